The first-order valence-electron chi connectivity index (χ1n) is 7.26. The lowest BCUT2D eigenvalue weighted by Gasteiger charge is -2.39. The zero-order chi connectivity index (χ0) is 17.0. The smallest absolute Gasteiger partial charge is 0.330 e. The number of hydrogen-bond donors (Lipinski definition) is 0. The molecule has 7 heteroatoms. The monoisotopic (exact) mass is 320 g/mol. The van der Waals surface area contributed by atoms with Crippen LogP contribution in [0.15, 0.2) is 24.3 Å². The van der Waals surface area contributed by atoms with Gasteiger partial charge in [-0.05, 0) is 24.3 Å². The van der Waals surface area contributed by atoms with E-state index in [0.29, 0.717) is 24.4 Å². The molecule has 1 fully saturated rings. The summed E-state index contributed by atoms with van der Waals surface area (Å²) in [5, 5.41) is 0. The van der Waals surface area contributed by atoms with Gasteiger partial charge in [0.15, 0.2) is 0 Å². The van der Waals surface area contributed by atoms with Crippen LogP contribution in [0.5, 0.6) is 5.75 Å². The molecular weight excluding hydrogens is 300 g/mol. The number of rotatable bonds is 3. The largest absolute Gasteiger partial charge is 0.497 e. The molecule has 0 spiro atoms. The molecule has 0 aromatic heterocycles. The molecule has 2 rings (SSSR count). The summed E-state index contributed by atoms with van der Waals surface area (Å²) in [4.78, 5) is 39.1. The summed E-state index contributed by atoms with van der Waals surface area (Å²) in [5.74, 6) is -0.260. The van der Waals surface area contributed by atoms with Gasteiger partial charge in [0.1, 0.15) is 11.8 Å². The number of esters is 1. The van der Waals surface area contributed by atoms with Crippen molar-refractivity contribution in [1.29, 1.82) is 0 Å². The maximum absolute atomic E-state index is 12.6. The van der Waals surface area contributed by atoms with Crippen LogP contribution in [0, 0.1) is 0 Å². The summed E-state index contributed by atoms with van der Waals surface area (Å²) in [6.07, 6.45) is 0. The second kappa shape index (κ2) is 7.13. The summed E-state index contributed by atoms with van der Waals surface area (Å²) >= 11 is 0. The summed E-state index contributed by atoms with van der Waals surface area (Å²) in [6, 6.07) is 5.99. The van der Waals surface area contributed by atoms with Gasteiger partial charge in [0.05, 0.1) is 20.8 Å². The zero-order valence-electron chi connectivity index (χ0n) is 13.4. The van der Waals surface area contributed by atoms with E-state index in [-0.39, 0.29) is 18.4 Å². The highest BCUT2D eigenvalue weighted by Gasteiger charge is 2.36. The van der Waals surface area contributed by atoms with Crippen molar-refractivity contribution < 1.29 is 23.9 Å². The Bertz CT molecular complexity index is 599. The molecule has 1 saturated heterocycles. The van der Waals surface area contributed by atoms with Gasteiger partial charge in [0.2, 0.25) is 5.91 Å². The van der Waals surface area contributed by atoms with E-state index in [1.165, 1.54) is 18.9 Å². The summed E-state index contributed by atoms with van der Waals surface area (Å²) < 4.78 is 9.81. The minimum atomic E-state index is -0.770. The van der Waals surface area contributed by atoms with Gasteiger partial charge in [-0.3, -0.25) is 9.59 Å². The fourth-order valence-electron chi connectivity index (χ4n) is 2.60. The van der Waals surface area contributed by atoms with Crippen LogP contribution in [0.1, 0.15) is 17.3 Å². The van der Waals surface area contributed by atoms with E-state index < -0.39 is 12.0 Å². The van der Waals surface area contributed by atoms with Gasteiger partial charge in [-0.2, -0.15) is 0 Å². The lowest BCUT2D eigenvalue weighted by atomic mass is 10.1. The van der Waals surface area contributed by atoms with Crippen LogP contribution in [0.4, 0.5) is 0 Å². The number of amides is 2. The van der Waals surface area contributed by atoms with Crippen molar-refractivity contribution in [2.75, 3.05) is 33.9 Å². The topological polar surface area (TPSA) is 76.2 Å². The lowest BCUT2D eigenvalue weighted by molar-refractivity contribution is -0.154. The number of benzene rings is 1. The molecule has 1 unspecified atom stereocenters. The molecule has 0 bridgehead atoms. The Labute approximate surface area is 134 Å². The molecule has 124 valence electrons. The van der Waals surface area contributed by atoms with Crippen molar-refractivity contribution >= 4 is 17.8 Å². The summed E-state index contributed by atoms with van der Waals surface area (Å²) in [7, 11) is 2.82. The van der Waals surface area contributed by atoms with E-state index in [4.69, 9.17) is 9.47 Å². The van der Waals surface area contributed by atoms with Crippen molar-refractivity contribution in [2.24, 2.45) is 0 Å². The van der Waals surface area contributed by atoms with Crippen LogP contribution in [-0.4, -0.2) is 67.5 Å². The predicted octanol–water partition coefficient (Wildman–Crippen LogP) is 0.541. The number of piperazine rings is 1. The highest BCUT2D eigenvalue weighted by atomic mass is 16.5. The molecule has 0 radical (unpaired) electrons. The predicted molar refractivity (Wildman–Crippen MR) is 82.1 cm³/mol. The number of carbonyl (C=O) groups excluding carboxylic acids is 3. The lowest BCUT2D eigenvalue weighted by Crippen LogP contribution is -2.59. The average Bonchev–Trinajstić information content (AvgIpc) is 2.59. The molecule has 2 amide bonds. The van der Waals surface area contributed by atoms with E-state index in [2.05, 4.69) is 0 Å². The van der Waals surface area contributed by atoms with Crippen LogP contribution < -0.4 is 4.74 Å². The van der Waals surface area contributed by atoms with Gasteiger partial charge < -0.3 is 19.3 Å². The first-order valence-corrected chi connectivity index (χ1v) is 7.26. The molecule has 23 heavy (non-hydrogen) atoms. The molecular formula is C16H20N2O5. The Morgan fingerprint density at radius 1 is 1.09 bits per heavy atom. The molecule has 1 atom stereocenters. The molecule has 1 aliphatic rings. The van der Waals surface area contributed by atoms with Crippen molar-refractivity contribution in [1.82, 2.24) is 9.80 Å². The van der Waals surface area contributed by atoms with E-state index >= 15 is 0 Å². The molecule has 0 saturated carbocycles. The van der Waals surface area contributed by atoms with Crippen LogP contribution in [0.25, 0.3) is 0 Å². The summed E-state index contributed by atoms with van der Waals surface area (Å²) in [6.45, 7) is 2.20. The standard InChI is InChI=1S/C16H20N2O5/c1-11(19)18-9-8-17(10-14(18)16(21)23-3)15(20)12-4-6-13(22-2)7-5-12/h4-7,14H,8-10H2,1-3H3. The quantitative estimate of drug-likeness (QED) is 0.760. The number of nitrogens with zero attached hydrogens (tertiary/aromatic N) is 2. The first kappa shape index (κ1) is 16.8. The maximum Gasteiger partial charge on any atom is 0.330 e. The fraction of sp³-hybridized carbons (Fsp3) is 0.438. The van der Waals surface area contributed by atoms with Crippen LogP contribution in [-0.2, 0) is 14.3 Å². The molecule has 0 N–H and O–H groups in total. The van der Waals surface area contributed by atoms with E-state index in [1.54, 1.807) is 36.3 Å². The third-order valence-electron chi connectivity index (χ3n) is 3.88. The Morgan fingerprint density at radius 3 is 2.26 bits per heavy atom. The fourth-order valence-corrected chi connectivity index (χ4v) is 2.60. The maximum atomic E-state index is 12.6. The molecule has 1 aliphatic heterocycles. The number of ether oxygens (including phenoxy) is 2. The number of hydrogen-bond acceptors (Lipinski definition) is 5. The molecule has 1 aromatic carbocycles. The third kappa shape index (κ3) is 3.61. The van der Waals surface area contributed by atoms with Crippen molar-refractivity contribution in [2.45, 2.75) is 13.0 Å². The molecule has 0 aliphatic carbocycles. The van der Waals surface area contributed by atoms with Gasteiger partial charge in [0.25, 0.3) is 5.91 Å². The second-order valence-electron chi connectivity index (χ2n) is 5.23. The van der Waals surface area contributed by atoms with E-state index in [9.17, 15) is 14.4 Å². The normalized spacial score (nSPS) is 17.6. The van der Waals surface area contributed by atoms with Gasteiger partial charge in [-0.25, -0.2) is 4.79 Å². The zero-order valence-corrected chi connectivity index (χ0v) is 13.4. The molecule has 7 nitrogen and oxygen atoms in total. The second-order valence-corrected chi connectivity index (χ2v) is 5.23. The van der Waals surface area contributed by atoms with Gasteiger partial charge in [0, 0.05) is 25.6 Å². The van der Waals surface area contributed by atoms with Crippen molar-refractivity contribution in [3.8, 4) is 5.75 Å². The third-order valence-corrected chi connectivity index (χ3v) is 3.88. The Balaban J connectivity index is 2.15. The van der Waals surface area contributed by atoms with Crippen molar-refractivity contribution in [3.05, 3.63) is 29.8 Å². The highest BCUT2D eigenvalue weighted by Crippen LogP contribution is 2.17. The SMILES string of the molecule is COC(=O)C1CN(C(=O)c2ccc(OC)cc2)CCN1C(C)=O. The van der Waals surface area contributed by atoms with Crippen LogP contribution >= 0.6 is 0 Å². The Kier molecular flexibility index (Phi) is 5.20. The van der Waals surface area contributed by atoms with E-state index in [1.807, 2.05) is 0 Å². The van der Waals surface area contributed by atoms with E-state index in [0.717, 1.165) is 0 Å². The van der Waals surface area contributed by atoms with Crippen LogP contribution in [0.2, 0.25) is 0 Å². The Hall–Kier alpha value is -2.57. The van der Waals surface area contributed by atoms with Crippen LogP contribution in [0.3, 0.4) is 0 Å². The number of carbonyl (C=O) groups is 3. The summed E-state index contributed by atoms with van der Waals surface area (Å²) in [5.41, 5.74) is 0.505. The molecule has 1 heterocycles. The van der Waals surface area contributed by atoms with Gasteiger partial charge in [-0.15, -0.1) is 0 Å². The first-order chi connectivity index (χ1) is 11.0. The minimum absolute atomic E-state index is 0.122. The van der Waals surface area contributed by atoms with Gasteiger partial charge in [-0.1, -0.05) is 0 Å². The highest BCUT2D eigenvalue weighted by molar-refractivity contribution is 5.95. The number of methoxy groups -OCH3 is 2. The van der Waals surface area contributed by atoms with Gasteiger partial charge >= 0.3 is 5.97 Å². The Morgan fingerprint density at radius 2 is 1.74 bits per heavy atom. The molecule has 1 aromatic rings. The van der Waals surface area contributed by atoms with Crippen molar-refractivity contribution in [3.63, 3.8) is 0 Å². The minimum Gasteiger partial charge on any atom is -0.497 e. The average molecular weight is 320 g/mol.